The number of aryl methyl sites for hydroxylation is 1. The summed E-state index contributed by atoms with van der Waals surface area (Å²) in [6.07, 6.45) is 0. The lowest BCUT2D eigenvalue weighted by Gasteiger charge is -2.07. The van der Waals surface area contributed by atoms with Crippen LogP contribution < -0.4 is 0 Å². The van der Waals surface area contributed by atoms with E-state index in [4.69, 9.17) is 9.81 Å². The van der Waals surface area contributed by atoms with Gasteiger partial charge in [-0.05, 0) is 24.6 Å². The van der Waals surface area contributed by atoms with Gasteiger partial charge in [0.2, 0.25) is 0 Å². The lowest BCUT2D eigenvalue weighted by Crippen LogP contribution is -2.12. The fourth-order valence-corrected chi connectivity index (χ4v) is 3.64. The van der Waals surface area contributed by atoms with Crippen molar-refractivity contribution in [3.63, 3.8) is 0 Å². The Balaban J connectivity index is 2.89. The van der Waals surface area contributed by atoms with Gasteiger partial charge in [-0.3, -0.25) is 8.74 Å². The predicted octanol–water partition coefficient (Wildman–Crippen LogP) is 1.02. The lowest BCUT2D eigenvalue weighted by molar-refractivity contribution is -0.434. The first-order chi connectivity index (χ1) is 9.68. The third kappa shape index (κ3) is 5.52. The van der Waals surface area contributed by atoms with Gasteiger partial charge in [-0.1, -0.05) is 11.1 Å². The number of hydrogen-bond acceptors (Lipinski definition) is 9. The summed E-state index contributed by atoms with van der Waals surface area (Å²) < 4.78 is 63.7. The summed E-state index contributed by atoms with van der Waals surface area (Å²) in [5.41, 5.74) is 0.219. The van der Waals surface area contributed by atoms with Crippen LogP contribution in [0.15, 0.2) is 28.0 Å². The van der Waals surface area contributed by atoms with Crippen molar-refractivity contribution in [2.24, 2.45) is 0 Å². The molecule has 0 atom stereocenters. The molecule has 0 heterocycles. The number of hydrogen-bond donors (Lipinski definition) is 2. The van der Waals surface area contributed by atoms with Crippen LogP contribution in [0.5, 0.6) is 0 Å². The van der Waals surface area contributed by atoms with E-state index in [0.717, 1.165) is 6.07 Å². The van der Waals surface area contributed by atoms with Gasteiger partial charge in [-0.25, -0.2) is 13.7 Å². The maximum absolute atomic E-state index is 12.0. The second kappa shape index (κ2) is 7.51. The van der Waals surface area contributed by atoms with Crippen molar-refractivity contribution in [3.05, 3.63) is 23.8 Å². The van der Waals surface area contributed by atoms with Crippen molar-refractivity contribution in [2.75, 3.05) is 12.4 Å². The number of rotatable bonds is 8. The maximum atomic E-state index is 12.0. The van der Waals surface area contributed by atoms with Crippen molar-refractivity contribution >= 4 is 32.3 Å². The molecule has 0 aliphatic heterocycles. The molecule has 0 aliphatic rings. The summed E-state index contributed by atoms with van der Waals surface area (Å²) in [5.74, 6) is -0.469. The molecule has 2 N–H and O–H groups in total. The molecule has 0 fully saturated rings. The zero-order valence-electron chi connectivity index (χ0n) is 10.6. The fraction of sp³-hybridized carbons (Fsp3) is 0.333. The van der Waals surface area contributed by atoms with Crippen LogP contribution in [0.25, 0.3) is 0 Å². The van der Waals surface area contributed by atoms with Gasteiger partial charge in [0.05, 0.1) is 22.2 Å². The number of benzene rings is 1. The quantitative estimate of drug-likeness (QED) is 0.227. The molecule has 1 rings (SSSR count). The summed E-state index contributed by atoms with van der Waals surface area (Å²) in [4.78, 5) is -0.746. The van der Waals surface area contributed by atoms with E-state index in [2.05, 4.69) is 13.6 Å². The van der Waals surface area contributed by atoms with E-state index in [0.29, 0.717) is 0 Å². The summed E-state index contributed by atoms with van der Waals surface area (Å²) in [6, 6.07) is 3.37. The topological polar surface area (TPSA) is 136 Å². The molecule has 120 valence electrons. The van der Waals surface area contributed by atoms with Crippen LogP contribution in [-0.2, 0) is 33.5 Å². The van der Waals surface area contributed by atoms with Crippen LogP contribution in [0.1, 0.15) is 5.56 Å². The largest absolute Gasteiger partial charge is 0.294 e. The molecule has 12 heteroatoms. The molecule has 0 saturated heterocycles. The second-order valence-corrected chi connectivity index (χ2v) is 7.76. The van der Waals surface area contributed by atoms with Crippen LogP contribution in [0, 0.1) is 6.92 Å². The number of sulfone groups is 1. The fourth-order valence-electron chi connectivity index (χ4n) is 1.38. The predicted molar refractivity (Wildman–Crippen MR) is 71.4 cm³/mol. The first kappa shape index (κ1) is 18.3. The molecule has 21 heavy (non-hydrogen) atoms. The van der Waals surface area contributed by atoms with Crippen LogP contribution in [0.3, 0.4) is 0 Å². The van der Waals surface area contributed by atoms with Gasteiger partial charge in [0.25, 0.3) is 10.1 Å². The molecule has 0 amide bonds. The van der Waals surface area contributed by atoms with Gasteiger partial charge < -0.3 is 0 Å². The standard InChI is InChI=1S/C9H12O9S3/c1-7-2-3-8(6-9(7)21(13,14)15)20(11,12)5-4-16-19-18-17-10/h2-3,6,10H,4-5H2,1H3,(H,13,14,15). The Labute approximate surface area is 125 Å². The van der Waals surface area contributed by atoms with Gasteiger partial charge >= 0.3 is 0 Å². The summed E-state index contributed by atoms with van der Waals surface area (Å²) in [5, 5.41) is 11.0. The monoisotopic (exact) mass is 360 g/mol. The Hall–Kier alpha value is -0.730. The molecule has 0 radical (unpaired) electrons. The minimum atomic E-state index is -4.51. The van der Waals surface area contributed by atoms with E-state index < -0.39 is 30.6 Å². The summed E-state index contributed by atoms with van der Waals surface area (Å²) in [6.45, 7) is 1.12. The van der Waals surface area contributed by atoms with Gasteiger partial charge in [-0.15, -0.1) is 4.33 Å². The SMILES string of the molecule is Cc1ccc(S(=O)(=O)CCOSOOO)cc1S(=O)(=O)O. The van der Waals surface area contributed by atoms with Crippen molar-refractivity contribution < 1.29 is 40.2 Å². The minimum absolute atomic E-state index is 0.219. The lowest BCUT2D eigenvalue weighted by atomic mass is 10.2. The van der Waals surface area contributed by atoms with Gasteiger partial charge in [-0.2, -0.15) is 8.42 Å². The van der Waals surface area contributed by atoms with E-state index in [-0.39, 0.29) is 29.4 Å². The van der Waals surface area contributed by atoms with E-state index in [1.54, 1.807) is 0 Å². The zero-order chi connectivity index (χ0) is 16.1. The Bertz CT molecular complexity index is 680. The average Bonchev–Trinajstić information content (AvgIpc) is 2.37. The molecular formula is C9H12O9S3. The third-order valence-electron chi connectivity index (χ3n) is 2.34. The third-order valence-corrected chi connectivity index (χ3v) is 5.39. The molecule has 0 aromatic heterocycles. The highest BCUT2D eigenvalue weighted by Gasteiger charge is 2.20. The van der Waals surface area contributed by atoms with Crippen molar-refractivity contribution in [2.45, 2.75) is 16.7 Å². The van der Waals surface area contributed by atoms with Gasteiger partial charge in [0.15, 0.2) is 22.2 Å². The average molecular weight is 360 g/mol. The van der Waals surface area contributed by atoms with Gasteiger partial charge in [0.1, 0.15) is 0 Å². The Morgan fingerprint density at radius 3 is 2.48 bits per heavy atom. The van der Waals surface area contributed by atoms with Crippen LogP contribution >= 0.6 is 12.3 Å². The first-order valence-corrected chi connectivity index (χ1v) is 9.01. The van der Waals surface area contributed by atoms with Crippen molar-refractivity contribution in [1.82, 2.24) is 0 Å². The summed E-state index contributed by atoms with van der Waals surface area (Å²) >= 11 is 0.226. The Morgan fingerprint density at radius 1 is 1.24 bits per heavy atom. The van der Waals surface area contributed by atoms with Gasteiger partial charge in [0, 0.05) is 0 Å². The van der Waals surface area contributed by atoms with Crippen LogP contribution in [0.4, 0.5) is 0 Å². The summed E-state index contributed by atoms with van der Waals surface area (Å²) in [7, 11) is -8.33. The Kier molecular flexibility index (Phi) is 6.55. The molecule has 9 nitrogen and oxygen atoms in total. The minimum Gasteiger partial charge on any atom is -0.288 e. The molecule has 1 aromatic rings. The van der Waals surface area contributed by atoms with E-state index in [9.17, 15) is 16.8 Å². The molecule has 0 spiro atoms. The highest BCUT2D eigenvalue weighted by molar-refractivity contribution is 7.91. The maximum Gasteiger partial charge on any atom is 0.294 e. The highest BCUT2D eigenvalue weighted by Crippen LogP contribution is 2.21. The molecule has 0 bridgehead atoms. The van der Waals surface area contributed by atoms with Crippen molar-refractivity contribution in [1.29, 1.82) is 0 Å². The van der Waals surface area contributed by atoms with E-state index in [1.165, 1.54) is 19.1 Å². The smallest absolute Gasteiger partial charge is 0.288 e. The van der Waals surface area contributed by atoms with E-state index in [1.807, 2.05) is 0 Å². The molecule has 0 aliphatic carbocycles. The second-order valence-electron chi connectivity index (χ2n) is 3.75. The van der Waals surface area contributed by atoms with Crippen LogP contribution in [0.2, 0.25) is 0 Å². The molecular weight excluding hydrogens is 348 g/mol. The van der Waals surface area contributed by atoms with Crippen LogP contribution in [-0.4, -0.2) is 39.0 Å². The zero-order valence-corrected chi connectivity index (χ0v) is 13.1. The normalized spacial score (nSPS) is 12.5. The van der Waals surface area contributed by atoms with Crippen molar-refractivity contribution in [3.8, 4) is 0 Å². The Morgan fingerprint density at radius 2 is 1.90 bits per heavy atom. The molecule has 0 saturated carbocycles. The highest BCUT2D eigenvalue weighted by atomic mass is 32.2. The first-order valence-electron chi connectivity index (χ1n) is 5.26. The molecule has 0 unspecified atom stereocenters. The van der Waals surface area contributed by atoms with E-state index >= 15 is 0 Å². The molecule has 1 aromatic carbocycles.